The van der Waals surface area contributed by atoms with Crippen LogP contribution >= 0.6 is 0 Å². The number of nitrogens with zero attached hydrogens (tertiary/aromatic N) is 4. The molecule has 0 atom stereocenters. The van der Waals surface area contributed by atoms with E-state index in [9.17, 15) is 9.59 Å². The van der Waals surface area contributed by atoms with Crippen LogP contribution in [0.1, 0.15) is 78.6 Å². The number of rotatable bonds is 5. The van der Waals surface area contributed by atoms with Crippen LogP contribution in [-0.2, 0) is 4.79 Å². The second-order valence-electron chi connectivity index (χ2n) is 8.75. The minimum Gasteiger partial charge on any atom is -0.325 e. The lowest BCUT2D eigenvalue weighted by molar-refractivity contribution is -0.133. The zero-order valence-corrected chi connectivity index (χ0v) is 17.5. The number of amidine groups is 1. The lowest BCUT2D eigenvalue weighted by atomic mass is 9.87. The van der Waals surface area contributed by atoms with E-state index in [0.29, 0.717) is 32.0 Å². The topological polar surface area (TPSA) is 56.2 Å². The smallest absolute Gasteiger partial charge is 0.319 e. The van der Waals surface area contributed by atoms with Crippen molar-refractivity contribution in [3.8, 4) is 0 Å². The first-order chi connectivity index (χ1) is 12.9. The Morgan fingerprint density at radius 1 is 1.26 bits per heavy atom. The molecule has 3 aliphatic rings. The third-order valence-corrected chi connectivity index (χ3v) is 6.54. The molecule has 3 rings (SSSR count). The number of hydrogen-bond acceptors (Lipinski definition) is 3. The van der Waals surface area contributed by atoms with Crippen LogP contribution in [0.4, 0.5) is 4.79 Å². The number of piperidine rings is 1. The number of likely N-dealkylation sites (tertiary alicyclic amines) is 1. The van der Waals surface area contributed by atoms with Crippen LogP contribution in [0.2, 0.25) is 0 Å². The molecule has 0 unspecified atom stereocenters. The Morgan fingerprint density at radius 3 is 2.44 bits per heavy atom. The largest absolute Gasteiger partial charge is 0.325 e. The summed E-state index contributed by atoms with van der Waals surface area (Å²) in [5.41, 5.74) is -0.629. The number of carbonyl (C=O) groups excluding carboxylic acids is 2. The van der Waals surface area contributed by atoms with Crippen molar-refractivity contribution < 1.29 is 9.59 Å². The average Bonchev–Trinajstić information content (AvgIpc) is 3.27. The number of carbonyl (C=O) groups is 2. The van der Waals surface area contributed by atoms with Gasteiger partial charge in [0.15, 0.2) is 0 Å². The first-order valence-electron chi connectivity index (χ1n) is 10.8. The monoisotopic (exact) mass is 376 g/mol. The molecule has 0 N–H and O–H groups in total. The molecule has 0 aromatic carbocycles. The van der Waals surface area contributed by atoms with Gasteiger partial charge in [0.25, 0.3) is 5.91 Å². The highest BCUT2D eigenvalue weighted by Crippen LogP contribution is 2.36. The summed E-state index contributed by atoms with van der Waals surface area (Å²) in [6, 6.07) is 0.648. The molecule has 0 bridgehead atoms. The van der Waals surface area contributed by atoms with Crippen molar-refractivity contribution in [2.75, 3.05) is 20.1 Å². The van der Waals surface area contributed by atoms with Gasteiger partial charge in [0.05, 0.1) is 0 Å². The molecule has 1 saturated carbocycles. The molecule has 1 aliphatic carbocycles. The maximum Gasteiger partial charge on any atom is 0.319 e. The van der Waals surface area contributed by atoms with E-state index in [1.165, 1.54) is 12.8 Å². The summed E-state index contributed by atoms with van der Waals surface area (Å²) in [5, 5.41) is 0. The number of aliphatic imine (C=N–C) groups is 1. The van der Waals surface area contributed by atoms with E-state index in [2.05, 4.69) is 20.8 Å². The van der Waals surface area contributed by atoms with Crippen molar-refractivity contribution in [3.63, 3.8) is 0 Å². The van der Waals surface area contributed by atoms with E-state index in [0.717, 1.165) is 37.9 Å². The lowest BCUT2D eigenvalue weighted by Crippen LogP contribution is -2.55. The van der Waals surface area contributed by atoms with Crippen molar-refractivity contribution in [3.05, 3.63) is 0 Å². The van der Waals surface area contributed by atoms with Gasteiger partial charge in [-0.25, -0.2) is 4.79 Å². The normalized spacial score (nSPS) is 22.9. The van der Waals surface area contributed by atoms with Gasteiger partial charge < -0.3 is 9.80 Å². The summed E-state index contributed by atoms with van der Waals surface area (Å²) in [5.74, 6) is 1.11. The fourth-order valence-electron chi connectivity index (χ4n) is 4.80. The predicted octanol–water partition coefficient (Wildman–Crippen LogP) is 3.65. The summed E-state index contributed by atoms with van der Waals surface area (Å²) in [7, 11) is 1.94. The minimum absolute atomic E-state index is 0.123. The average molecular weight is 377 g/mol. The van der Waals surface area contributed by atoms with Crippen molar-refractivity contribution in [1.29, 1.82) is 0 Å². The molecule has 6 heteroatoms. The van der Waals surface area contributed by atoms with Gasteiger partial charge in [0, 0.05) is 38.6 Å². The fraction of sp³-hybridized carbons (Fsp3) is 0.857. The highest BCUT2D eigenvalue weighted by Gasteiger charge is 2.50. The maximum atomic E-state index is 13.2. The van der Waals surface area contributed by atoms with Gasteiger partial charge in [-0.15, -0.1) is 0 Å². The van der Waals surface area contributed by atoms with Gasteiger partial charge >= 0.3 is 6.03 Å². The molecule has 2 heterocycles. The molecule has 1 spiro atoms. The molecule has 6 nitrogen and oxygen atoms in total. The van der Waals surface area contributed by atoms with E-state index in [1.54, 1.807) is 0 Å². The molecule has 0 radical (unpaired) electrons. The van der Waals surface area contributed by atoms with Gasteiger partial charge in [-0.05, 0) is 46.0 Å². The summed E-state index contributed by atoms with van der Waals surface area (Å²) in [6.07, 6.45) is 9.00. The third-order valence-electron chi connectivity index (χ3n) is 6.54. The quantitative estimate of drug-likeness (QED) is 0.735. The molecule has 2 fully saturated rings. The molecule has 2 aliphatic heterocycles. The zero-order chi connectivity index (χ0) is 19.6. The SMILES string of the molecule is CCCCC1=NC2(CCN(C(=O)N(C)C3CCCC3)CC2)C(=O)N1C(C)C. The zero-order valence-electron chi connectivity index (χ0n) is 17.5. The molecular weight excluding hydrogens is 340 g/mol. The summed E-state index contributed by atoms with van der Waals surface area (Å²) in [6.45, 7) is 7.54. The van der Waals surface area contributed by atoms with Crippen LogP contribution in [-0.4, -0.2) is 70.2 Å². The molecule has 0 aromatic rings. The van der Waals surface area contributed by atoms with Crippen LogP contribution in [0, 0.1) is 0 Å². The minimum atomic E-state index is -0.629. The van der Waals surface area contributed by atoms with Crippen LogP contribution in [0.3, 0.4) is 0 Å². The molecule has 0 aromatic heterocycles. The Labute approximate surface area is 164 Å². The van der Waals surface area contributed by atoms with Crippen molar-refractivity contribution in [2.24, 2.45) is 4.99 Å². The highest BCUT2D eigenvalue weighted by molar-refractivity contribution is 6.08. The Bertz CT molecular complexity index is 587. The standard InChI is InChI=1S/C21H36N4O2/c1-5-6-11-18-22-21(19(26)25(18)16(2)3)12-14-24(15-13-21)20(27)23(4)17-9-7-8-10-17/h16-17H,5-15H2,1-4H3. The molecular formula is C21H36N4O2. The van der Waals surface area contributed by atoms with Gasteiger partial charge in [-0.3, -0.25) is 14.7 Å². The number of unbranched alkanes of at least 4 members (excludes halogenated alkanes) is 1. The van der Waals surface area contributed by atoms with E-state index < -0.39 is 5.54 Å². The number of urea groups is 1. The summed E-state index contributed by atoms with van der Waals surface area (Å²) < 4.78 is 0. The number of amides is 3. The predicted molar refractivity (Wildman–Crippen MR) is 108 cm³/mol. The molecule has 152 valence electrons. The number of hydrogen-bond donors (Lipinski definition) is 0. The Morgan fingerprint density at radius 2 is 1.89 bits per heavy atom. The van der Waals surface area contributed by atoms with Crippen molar-refractivity contribution >= 4 is 17.8 Å². The third kappa shape index (κ3) is 3.85. The first kappa shape index (κ1) is 20.2. The van der Waals surface area contributed by atoms with Crippen molar-refractivity contribution in [2.45, 2.75) is 96.2 Å². The van der Waals surface area contributed by atoms with E-state index >= 15 is 0 Å². The first-order valence-corrected chi connectivity index (χ1v) is 10.8. The maximum absolute atomic E-state index is 13.2. The van der Waals surface area contributed by atoms with Gasteiger partial charge in [-0.2, -0.15) is 0 Å². The van der Waals surface area contributed by atoms with Crippen LogP contribution in [0.15, 0.2) is 4.99 Å². The molecule has 27 heavy (non-hydrogen) atoms. The fourth-order valence-corrected chi connectivity index (χ4v) is 4.80. The Balaban J connectivity index is 1.66. The van der Waals surface area contributed by atoms with E-state index in [4.69, 9.17) is 4.99 Å². The van der Waals surface area contributed by atoms with E-state index in [1.807, 2.05) is 21.7 Å². The molecule has 1 saturated heterocycles. The van der Waals surface area contributed by atoms with Gasteiger partial charge in [-0.1, -0.05) is 26.2 Å². The van der Waals surface area contributed by atoms with Crippen LogP contribution in [0.5, 0.6) is 0 Å². The highest BCUT2D eigenvalue weighted by atomic mass is 16.2. The second-order valence-corrected chi connectivity index (χ2v) is 8.75. The van der Waals surface area contributed by atoms with Gasteiger partial charge in [0.2, 0.25) is 0 Å². The lowest BCUT2D eigenvalue weighted by Gasteiger charge is -2.39. The molecule has 3 amide bonds. The van der Waals surface area contributed by atoms with Gasteiger partial charge in [0.1, 0.15) is 11.4 Å². The van der Waals surface area contributed by atoms with Crippen molar-refractivity contribution in [1.82, 2.24) is 14.7 Å². The Kier molecular flexibility index (Phi) is 6.11. The van der Waals surface area contributed by atoms with Crippen LogP contribution in [0.25, 0.3) is 0 Å². The van der Waals surface area contributed by atoms with E-state index in [-0.39, 0.29) is 18.0 Å². The summed E-state index contributed by atoms with van der Waals surface area (Å²) in [4.78, 5) is 36.8. The second kappa shape index (κ2) is 8.19. The summed E-state index contributed by atoms with van der Waals surface area (Å²) >= 11 is 0. The van der Waals surface area contributed by atoms with Crippen LogP contribution < -0.4 is 0 Å². The Hall–Kier alpha value is -1.59.